The molecule has 1 unspecified atom stereocenters. The molecule has 0 fully saturated rings. The second kappa shape index (κ2) is 5.67. The second-order valence-corrected chi connectivity index (χ2v) is 6.16. The van der Waals surface area contributed by atoms with Crippen molar-refractivity contribution in [3.8, 4) is 0 Å². The minimum absolute atomic E-state index is 0.0765. The van der Waals surface area contributed by atoms with Crippen molar-refractivity contribution in [1.82, 2.24) is 9.72 Å². The number of nitrogens with one attached hydrogen (secondary N) is 1. The number of hydrogen-bond donors (Lipinski definition) is 2. The molecule has 2 N–H and O–H groups in total. The van der Waals surface area contributed by atoms with E-state index < -0.39 is 0 Å². The summed E-state index contributed by atoms with van der Waals surface area (Å²) in [5.41, 5.74) is 1.54. The molecule has 0 spiro atoms. The van der Waals surface area contributed by atoms with Crippen molar-refractivity contribution in [3.63, 3.8) is 0 Å². The Bertz CT molecular complexity index is 566. The molecule has 0 saturated carbocycles. The van der Waals surface area contributed by atoms with Gasteiger partial charge in [-0.15, -0.1) is 0 Å². The fourth-order valence-electron chi connectivity index (χ4n) is 2.47. The van der Waals surface area contributed by atoms with Gasteiger partial charge in [0.1, 0.15) is 0 Å². The Morgan fingerprint density at radius 3 is 2.85 bits per heavy atom. The number of aliphatic hydroxyl groups excluding tert-OH is 1. The van der Waals surface area contributed by atoms with Crippen LogP contribution in [0.3, 0.4) is 0 Å². The molecule has 0 aromatic carbocycles. The maximum absolute atomic E-state index is 12.2. The summed E-state index contributed by atoms with van der Waals surface area (Å²) in [6, 6.07) is 7.72. The largest absolute Gasteiger partial charge is 0.393 e. The Hall–Kier alpha value is -1.81. The van der Waals surface area contributed by atoms with E-state index in [-0.39, 0.29) is 17.4 Å². The van der Waals surface area contributed by atoms with Gasteiger partial charge in [0, 0.05) is 24.5 Å². The number of carbonyl (C=O) groups is 1. The molecule has 0 aliphatic carbocycles. The minimum Gasteiger partial charge on any atom is -0.393 e. The highest BCUT2D eigenvalue weighted by Gasteiger charge is 2.21. The fourth-order valence-corrected chi connectivity index (χ4v) is 2.47. The maximum Gasteiger partial charge on any atom is 0.252 e. The predicted octanol–water partition coefficient (Wildman–Crippen LogP) is 2.47. The fraction of sp³-hybridized carbons (Fsp3) is 0.438. The number of aromatic nitrogens is 1. The summed E-state index contributed by atoms with van der Waals surface area (Å²) >= 11 is 0. The van der Waals surface area contributed by atoms with Gasteiger partial charge in [-0.3, -0.25) is 4.79 Å². The predicted molar refractivity (Wildman–Crippen MR) is 79.8 cm³/mol. The molecule has 0 saturated heterocycles. The Kier molecular flexibility index (Phi) is 4.14. The smallest absolute Gasteiger partial charge is 0.252 e. The third kappa shape index (κ3) is 3.61. The lowest BCUT2D eigenvalue weighted by atomic mass is 9.87. The number of hydrogen-bond acceptors (Lipinski definition) is 2. The number of rotatable bonds is 5. The van der Waals surface area contributed by atoms with Crippen LogP contribution < -0.4 is 5.32 Å². The van der Waals surface area contributed by atoms with Crippen LogP contribution in [0.25, 0.3) is 5.52 Å². The van der Waals surface area contributed by atoms with Crippen molar-refractivity contribution in [1.29, 1.82) is 0 Å². The highest BCUT2D eigenvalue weighted by atomic mass is 16.3. The highest BCUT2D eigenvalue weighted by Crippen LogP contribution is 2.21. The maximum atomic E-state index is 12.2. The zero-order chi connectivity index (χ0) is 14.8. The lowest BCUT2D eigenvalue weighted by molar-refractivity contribution is 0.0902. The second-order valence-electron chi connectivity index (χ2n) is 6.16. The van der Waals surface area contributed by atoms with Gasteiger partial charge in [-0.25, -0.2) is 0 Å². The molecule has 2 aromatic heterocycles. The van der Waals surface area contributed by atoms with Crippen molar-refractivity contribution in [2.75, 3.05) is 6.54 Å². The van der Waals surface area contributed by atoms with Crippen LogP contribution in [0, 0.1) is 5.41 Å². The van der Waals surface area contributed by atoms with Gasteiger partial charge in [0.25, 0.3) is 5.91 Å². The molecule has 0 bridgehead atoms. The minimum atomic E-state index is -0.362. The highest BCUT2D eigenvalue weighted by molar-refractivity contribution is 5.95. The van der Waals surface area contributed by atoms with Crippen LogP contribution in [0.5, 0.6) is 0 Å². The van der Waals surface area contributed by atoms with Crippen molar-refractivity contribution < 1.29 is 9.90 Å². The standard InChI is InChI=1S/C16H22N2O2/c1-12(19)9-16(2,3)11-17-15(20)13-8-14-6-4-5-7-18(14)10-13/h4-8,10,12,19H,9,11H2,1-3H3,(H,17,20). The monoisotopic (exact) mass is 274 g/mol. The van der Waals surface area contributed by atoms with Gasteiger partial charge in [-0.2, -0.15) is 0 Å². The van der Waals surface area contributed by atoms with Crippen molar-refractivity contribution in [3.05, 3.63) is 42.2 Å². The van der Waals surface area contributed by atoms with Crippen LogP contribution >= 0.6 is 0 Å². The number of amides is 1. The van der Waals surface area contributed by atoms with Crippen LogP contribution in [0.2, 0.25) is 0 Å². The average Bonchev–Trinajstić information content (AvgIpc) is 2.78. The number of pyridine rings is 1. The molecule has 0 aliphatic rings. The third-order valence-electron chi connectivity index (χ3n) is 3.34. The van der Waals surface area contributed by atoms with E-state index in [2.05, 4.69) is 5.32 Å². The van der Waals surface area contributed by atoms with Crippen LogP contribution in [0.4, 0.5) is 0 Å². The molecular weight excluding hydrogens is 252 g/mol. The molecule has 2 heterocycles. The third-order valence-corrected chi connectivity index (χ3v) is 3.34. The molecule has 4 heteroatoms. The molecule has 20 heavy (non-hydrogen) atoms. The first-order valence-corrected chi connectivity index (χ1v) is 6.90. The van der Waals surface area contributed by atoms with Gasteiger partial charge in [0.15, 0.2) is 0 Å². The molecular formula is C16H22N2O2. The SMILES string of the molecule is CC(O)CC(C)(C)CNC(=O)c1cc2ccccn2c1. The summed E-state index contributed by atoms with van der Waals surface area (Å²) in [4.78, 5) is 12.2. The van der Waals surface area contributed by atoms with Crippen LogP contribution in [-0.2, 0) is 0 Å². The van der Waals surface area contributed by atoms with E-state index in [1.165, 1.54) is 0 Å². The van der Waals surface area contributed by atoms with E-state index in [1.807, 2.05) is 54.9 Å². The van der Waals surface area contributed by atoms with Gasteiger partial charge in [0.2, 0.25) is 0 Å². The number of aliphatic hydroxyl groups is 1. The summed E-state index contributed by atoms with van der Waals surface area (Å²) in [5.74, 6) is -0.0765. The van der Waals surface area contributed by atoms with Crippen molar-refractivity contribution in [2.24, 2.45) is 5.41 Å². The average molecular weight is 274 g/mol. The zero-order valence-corrected chi connectivity index (χ0v) is 12.3. The zero-order valence-electron chi connectivity index (χ0n) is 12.3. The van der Waals surface area contributed by atoms with Gasteiger partial charge < -0.3 is 14.8 Å². The van der Waals surface area contributed by atoms with Crippen molar-refractivity contribution in [2.45, 2.75) is 33.3 Å². The van der Waals surface area contributed by atoms with Gasteiger partial charge >= 0.3 is 0 Å². The topological polar surface area (TPSA) is 53.7 Å². The van der Waals surface area contributed by atoms with E-state index in [4.69, 9.17) is 0 Å². The first kappa shape index (κ1) is 14.6. The number of carbonyl (C=O) groups excluding carboxylic acids is 1. The lowest BCUT2D eigenvalue weighted by Crippen LogP contribution is -2.35. The Morgan fingerprint density at radius 2 is 2.20 bits per heavy atom. The van der Waals surface area contributed by atoms with Gasteiger partial charge in [0.05, 0.1) is 11.7 Å². The Morgan fingerprint density at radius 1 is 1.45 bits per heavy atom. The number of nitrogens with zero attached hydrogens (tertiary/aromatic N) is 1. The molecule has 108 valence electrons. The van der Waals surface area contributed by atoms with E-state index in [0.717, 1.165) is 5.52 Å². The summed E-state index contributed by atoms with van der Waals surface area (Å²) in [5, 5.41) is 12.4. The van der Waals surface area contributed by atoms with Gasteiger partial charge in [-0.1, -0.05) is 19.9 Å². The molecule has 1 atom stereocenters. The van der Waals surface area contributed by atoms with E-state index >= 15 is 0 Å². The van der Waals surface area contributed by atoms with Crippen LogP contribution in [0.1, 0.15) is 37.6 Å². The lowest BCUT2D eigenvalue weighted by Gasteiger charge is -2.26. The Labute approximate surface area is 119 Å². The molecule has 4 nitrogen and oxygen atoms in total. The quantitative estimate of drug-likeness (QED) is 0.880. The summed E-state index contributed by atoms with van der Waals surface area (Å²) in [7, 11) is 0. The molecule has 2 aromatic rings. The van der Waals surface area contributed by atoms with Crippen molar-refractivity contribution >= 4 is 11.4 Å². The molecule has 0 aliphatic heterocycles. The van der Waals surface area contributed by atoms with E-state index in [0.29, 0.717) is 18.5 Å². The van der Waals surface area contributed by atoms with E-state index in [1.54, 1.807) is 6.92 Å². The summed E-state index contributed by atoms with van der Waals surface area (Å²) in [6.45, 7) is 6.39. The van der Waals surface area contributed by atoms with Crippen LogP contribution in [-0.4, -0.2) is 28.1 Å². The van der Waals surface area contributed by atoms with Gasteiger partial charge in [-0.05, 0) is 37.0 Å². The first-order valence-electron chi connectivity index (χ1n) is 6.90. The van der Waals surface area contributed by atoms with E-state index in [9.17, 15) is 9.90 Å². The molecule has 1 amide bonds. The molecule has 0 radical (unpaired) electrons. The molecule has 2 rings (SSSR count). The number of fused-ring (bicyclic) bond motifs is 1. The normalized spacial score (nSPS) is 13.4. The summed E-state index contributed by atoms with van der Waals surface area (Å²) in [6.07, 6.45) is 4.04. The Balaban J connectivity index is 2.01. The van der Waals surface area contributed by atoms with Crippen LogP contribution in [0.15, 0.2) is 36.7 Å². The summed E-state index contributed by atoms with van der Waals surface area (Å²) < 4.78 is 1.93. The first-order chi connectivity index (χ1) is 9.37.